The fourth-order valence-corrected chi connectivity index (χ4v) is 7.84. The molecule has 1 aliphatic heterocycles. The number of aromatic nitrogens is 2. The Morgan fingerprint density at radius 1 is 0.510 bits per heavy atom. The third kappa shape index (κ3) is 4.94. The quantitative estimate of drug-likeness (QED) is 0.182. The molecule has 0 bridgehead atoms. The maximum atomic E-state index is 4.55. The molecular formula is C48H32N3-. The van der Waals surface area contributed by atoms with Crippen LogP contribution in [0, 0.1) is 0 Å². The first-order chi connectivity index (χ1) is 25.3. The predicted molar refractivity (Wildman–Crippen MR) is 215 cm³/mol. The molecule has 3 nitrogen and oxygen atoms in total. The van der Waals surface area contributed by atoms with Crippen LogP contribution in [0.25, 0.3) is 93.3 Å². The van der Waals surface area contributed by atoms with E-state index in [1.54, 1.807) is 0 Å². The van der Waals surface area contributed by atoms with Crippen molar-refractivity contribution in [3.05, 3.63) is 193 Å². The minimum atomic E-state index is 0.732. The number of hydrogen-bond donors (Lipinski definition) is 0. The van der Waals surface area contributed by atoms with Crippen LogP contribution in [0.15, 0.2) is 182 Å². The van der Waals surface area contributed by atoms with Crippen LogP contribution in [0.5, 0.6) is 0 Å². The summed E-state index contributed by atoms with van der Waals surface area (Å²) in [6.45, 7) is 0.732. The third-order valence-corrected chi connectivity index (χ3v) is 10.2. The first-order valence-corrected chi connectivity index (χ1v) is 17.4. The molecule has 240 valence electrons. The van der Waals surface area contributed by atoms with Gasteiger partial charge in [-0.15, -0.1) is 12.6 Å². The summed E-state index contributed by atoms with van der Waals surface area (Å²) < 4.78 is 2.48. The molecule has 51 heavy (non-hydrogen) atoms. The molecule has 0 radical (unpaired) electrons. The van der Waals surface area contributed by atoms with Gasteiger partial charge in [-0.2, -0.15) is 6.20 Å². The minimum Gasteiger partial charge on any atom is -0.687 e. The number of allylic oxidation sites excluding steroid dienone is 2. The summed E-state index contributed by atoms with van der Waals surface area (Å²) in [5, 5.41) is 11.9. The van der Waals surface area contributed by atoms with Gasteiger partial charge in [-0.25, -0.2) is 0 Å². The molecule has 10 rings (SSSR count). The average molecular weight is 651 g/mol. The lowest BCUT2D eigenvalue weighted by Crippen LogP contribution is -1.96. The van der Waals surface area contributed by atoms with Gasteiger partial charge in [0.15, 0.2) is 0 Å². The zero-order valence-corrected chi connectivity index (χ0v) is 27.9. The monoisotopic (exact) mass is 650 g/mol. The predicted octanol–water partition coefficient (Wildman–Crippen LogP) is 12.8. The standard InChI is InChI=1S/C48H32N3/c1-2-10-33-28-39(21-17-32(33)9-1)51-47-29-36(41-14-4-6-16-43(41)38-12-8-26-50-31-38)19-23-45(47)46-24-20-35-27-34(18-22-44(35)48(46)51)40-13-3-5-15-42(40)37-11-7-25-49-30-37/h1-25,27-31H,26H2/q-1. The fourth-order valence-electron chi connectivity index (χ4n) is 7.84. The number of fused-ring (bicyclic) bond motifs is 6. The molecule has 3 heteroatoms. The van der Waals surface area contributed by atoms with Crippen molar-refractivity contribution in [3.8, 4) is 39.1 Å². The van der Waals surface area contributed by atoms with Gasteiger partial charge in [0.2, 0.25) is 0 Å². The maximum Gasteiger partial charge on any atom is 0.0619 e. The van der Waals surface area contributed by atoms with Crippen LogP contribution in [-0.4, -0.2) is 16.1 Å². The highest BCUT2D eigenvalue weighted by molar-refractivity contribution is 6.19. The zero-order chi connectivity index (χ0) is 33.7. The van der Waals surface area contributed by atoms with E-state index in [9.17, 15) is 0 Å². The summed E-state index contributed by atoms with van der Waals surface area (Å²) in [5.74, 6) is 0. The molecule has 7 aromatic carbocycles. The van der Waals surface area contributed by atoms with Crippen LogP contribution >= 0.6 is 0 Å². The van der Waals surface area contributed by atoms with Crippen molar-refractivity contribution in [1.82, 2.24) is 9.55 Å². The molecule has 0 unspecified atom stereocenters. The zero-order valence-electron chi connectivity index (χ0n) is 27.9. The van der Waals surface area contributed by atoms with Gasteiger partial charge in [-0.3, -0.25) is 4.98 Å². The molecule has 0 aliphatic carbocycles. The van der Waals surface area contributed by atoms with E-state index < -0.39 is 0 Å². The Morgan fingerprint density at radius 2 is 1.20 bits per heavy atom. The second-order valence-corrected chi connectivity index (χ2v) is 13.2. The summed E-state index contributed by atoms with van der Waals surface area (Å²) in [6, 6.07) is 55.3. The van der Waals surface area contributed by atoms with E-state index in [-0.39, 0.29) is 0 Å². The van der Waals surface area contributed by atoms with Gasteiger partial charge in [0, 0.05) is 39.8 Å². The molecule has 0 saturated heterocycles. The fraction of sp³-hybridized carbons (Fsp3) is 0.0208. The van der Waals surface area contributed by atoms with Gasteiger partial charge < -0.3 is 9.88 Å². The first kappa shape index (κ1) is 29.2. The van der Waals surface area contributed by atoms with Crippen molar-refractivity contribution in [2.24, 2.45) is 0 Å². The molecule has 0 atom stereocenters. The Balaban J connectivity index is 1.23. The number of rotatable bonds is 5. The van der Waals surface area contributed by atoms with Crippen molar-refractivity contribution in [2.75, 3.05) is 6.54 Å². The van der Waals surface area contributed by atoms with Gasteiger partial charge in [-0.1, -0.05) is 127 Å². The van der Waals surface area contributed by atoms with Gasteiger partial charge >= 0.3 is 0 Å². The molecule has 0 amide bonds. The number of hydrogen-bond acceptors (Lipinski definition) is 1. The van der Waals surface area contributed by atoms with E-state index in [2.05, 4.69) is 173 Å². The van der Waals surface area contributed by atoms with Gasteiger partial charge in [-0.05, 0) is 85.4 Å². The largest absolute Gasteiger partial charge is 0.687 e. The van der Waals surface area contributed by atoms with E-state index in [1.807, 2.05) is 24.7 Å². The molecule has 3 heterocycles. The number of nitrogens with zero attached hydrogens (tertiary/aromatic N) is 3. The summed E-state index contributed by atoms with van der Waals surface area (Å²) in [5.41, 5.74) is 12.9. The van der Waals surface area contributed by atoms with Crippen LogP contribution in [-0.2, 0) is 0 Å². The van der Waals surface area contributed by atoms with Gasteiger partial charge in [0.1, 0.15) is 0 Å². The normalized spacial score (nSPS) is 12.8. The second-order valence-electron chi connectivity index (χ2n) is 13.2. The average Bonchev–Trinajstić information content (AvgIpc) is 3.55. The van der Waals surface area contributed by atoms with E-state index in [0.717, 1.165) is 23.4 Å². The molecule has 0 N–H and O–H groups in total. The lowest BCUT2D eigenvalue weighted by Gasteiger charge is -2.21. The number of pyridine rings is 1. The highest BCUT2D eigenvalue weighted by atomic mass is 15.0. The Labute approximate surface area is 296 Å². The number of benzene rings is 7. The molecule has 0 spiro atoms. The molecule has 0 fully saturated rings. The minimum absolute atomic E-state index is 0.732. The van der Waals surface area contributed by atoms with E-state index in [0.29, 0.717) is 0 Å². The lowest BCUT2D eigenvalue weighted by atomic mass is 9.93. The Hall–Kier alpha value is -6.71. The lowest BCUT2D eigenvalue weighted by molar-refractivity contribution is 1.19. The third-order valence-electron chi connectivity index (χ3n) is 10.2. The van der Waals surface area contributed by atoms with E-state index in [4.69, 9.17) is 0 Å². The molecule has 0 saturated carbocycles. The highest BCUT2D eigenvalue weighted by Gasteiger charge is 2.18. The molecule has 9 aromatic rings. The smallest absolute Gasteiger partial charge is 0.0619 e. The molecular weight excluding hydrogens is 619 g/mol. The summed E-state index contributed by atoms with van der Waals surface area (Å²) in [7, 11) is 0. The van der Waals surface area contributed by atoms with Crippen LogP contribution < -0.4 is 0 Å². The Bertz CT molecular complexity index is 2860. The summed E-state index contributed by atoms with van der Waals surface area (Å²) in [4.78, 5) is 4.40. The van der Waals surface area contributed by atoms with Crippen LogP contribution in [0.1, 0.15) is 5.56 Å². The molecule has 1 aliphatic rings. The first-order valence-electron chi connectivity index (χ1n) is 17.4. The van der Waals surface area contributed by atoms with Crippen LogP contribution in [0.3, 0.4) is 0 Å². The topological polar surface area (TPSA) is 31.9 Å². The maximum absolute atomic E-state index is 4.55. The Morgan fingerprint density at radius 3 is 1.98 bits per heavy atom. The van der Waals surface area contributed by atoms with Gasteiger partial charge in [0.05, 0.1) is 11.0 Å². The van der Waals surface area contributed by atoms with E-state index in [1.165, 1.54) is 76.7 Å². The summed E-state index contributed by atoms with van der Waals surface area (Å²) >= 11 is 0. The van der Waals surface area contributed by atoms with Crippen molar-refractivity contribution in [1.29, 1.82) is 0 Å². The highest BCUT2D eigenvalue weighted by Crippen LogP contribution is 2.42. The van der Waals surface area contributed by atoms with Crippen LogP contribution in [0.4, 0.5) is 0 Å². The Kier molecular flexibility index (Phi) is 6.88. The van der Waals surface area contributed by atoms with E-state index >= 15 is 0 Å². The van der Waals surface area contributed by atoms with Crippen molar-refractivity contribution >= 4 is 48.9 Å². The van der Waals surface area contributed by atoms with Crippen molar-refractivity contribution in [2.45, 2.75) is 0 Å². The van der Waals surface area contributed by atoms with Crippen molar-refractivity contribution in [3.63, 3.8) is 0 Å². The second kappa shape index (κ2) is 12.0. The SMILES string of the molecule is C1=CC(c2ccccc2-c2ccc3c4ccc5cc(-c6ccccc6-c6cccnc6)ccc5c4n(-c4ccc5ccccc5c4)c3c2)=C[N-]C1. The van der Waals surface area contributed by atoms with Crippen molar-refractivity contribution < 1.29 is 0 Å². The van der Waals surface area contributed by atoms with Crippen LogP contribution in [0.2, 0.25) is 0 Å². The molecule has 2 aromatic heterocycles. The summed E-state index contributed by atoms with van der Waals surface area (Å²) in [6.07, 6.45) is 10.1. The van der Waals surface area contributed by atoms with Gasteiger partial charge in [0.25, 0.3) is 0 Å².